The molecule has 0 saturated carbocycles. The maximum absolute atomic E-state index is 12.9. The Kier molecular flexibility index (Phi) is 5.58. The van der Waals surface area contributed by atoms with Crippen LogP contribution in [-0.4, -0.2) is 28.9 Å². The molecule has 1 aliphatic rings. The fraction of sp³-hybridized carbons (Fsp3) is 0.250. The van der Waals surface area contributed by atoms with Gasteiger partial charge in [0.1, 0.15) is 5.82 Å². The van der Waals surface area contributed by atoms with Crippen LogP contribution in [0.1, 0.15) is 30.0 Å². The molecule has 1 aliphatic heterocycles. The summed E-state index contributed by atoms with van der Waals surface area (Å²) in [6, 6.07) is 15.4. The molecule has 1 unspecified atom stereocenters. The summed E-state index contributed by atoms with van der Waals surface area (Å²) in [5.41, 5.74) is 1.81. The van der Waals surface area contributed by atoms with Crippen LogP contribution in [0.2, 0.25) is 0 Å². The number of aliphatic hydroxyl groups is 1. The number of carbonyl (C=O) groups excluding carboxylic acids is 1. The van der Waals surface area contributed by atoms with Gasteiger partial charge in [-0.2, -0.15) is 0 Å². The third-order valence-electron chi connectivity index (χ3n) is 4.15. The highest BCUT2D eigenvalue weighted by Crippen LogP contribution is 2.30. The van der Waals surface area contributed by atoms with E-state index in [-0.39, 0.29) is 30.8 Å². The second kappa shape index (κ2) is 8.05. The van der Waals surface area contributed by atoms with Crippen LogP contribution in [0.25, 0.3) is 6.08 Å². The fourth-order valence-corrected chi connectivity index (χ4v) is 2.85. The Morgan fingerprint density at radius 3 is 2.64 bits per heavy atom. The summed E-state index contributed by atoms with van der Waals surface area (Å²) in [4.78, 5) is 13.9. The first kappa shape index (κ1) is 17.3. The van der Waals surface area contributed by atoms with Crippen molar-refractivity contribution >= 4 is 12.0 Å². The average Bonchev–Trinajstić information content (AvgIpc) is 3.02. The van der Waals surface area contributed by atoms with E-state index in [1.54, 1.807) is 12.1 Å². The molecule has 2 aromatic carbocycles. The molecule has 0 spiro atoms. The number of allylic oxidation sites excluding steroid dienone is 1. The fourth-order valence-electron chi connectivity index (χ4n) is 2.85. The van der Waals surface area contributed by atoms with Gasteiger partial charge in [0, 0.05) is 6.42 Å². The zero-order valence-electron chi connectivity index (χ0n) is 13.7. The van der Waals surface area contributed by atoms with Crippen molar-refractivity contribution in [2.45, 2.75) is 25.3 Å². The van der Waals surface area contributed by atoms with Gasteiger partial charge in [-0.05, 0) is 29.7 Å². The Hall–Kier alpha value is -2.50. The first-order valence-corrected chi connectivity index (χ1v) is 8.23. The van der Waals surface area contributed by atoms with Gasteiger partial charge in [0.15, 0.2) is 0 Å². The SMILES string of the molecule is O=C(CC/C=C/c1ccc(F)cc1)N1C(O)OC[C@@H]1c1ccccc1. The zero-order chi connectivity index (χ0) is 17.6. The Labute approximate surface area is 146 Å². The van der Waals surface area contributed by atoms with Crippen molar-refractivity contribution in [3.8, 4) is 0 Å². The van der Waals surface area contributed by atoms with Crippen LogP contribution in [0.15, 0.2) is 60.7 Å². The van der Waals surface area contributed by atoms with Gasteiger partial charge in [0.05, 0.1) is 12.6 Å². The summed E-state index contributed by atoms with van der Waals surface area (Å²) in [7, 11) is 0. The van der Waals surface area contributed by atoms with Gasteiger partial charge in [-0.1, -0.05) is 54.6 Å². The summed E-state index contributed by atoms with van der Waals surface area (Å²) in [5, 5.41) is 9.98. The topological polar surface area (TPSA) is 49.8 Å². The van der Waals surface area contributed by atoms with E-state index in [0.29, 0.717) is 6.42 Å². The minimum Gasteiger partial charge on any atom is -0.351 e. The predicted octanol–water partition coefficient (Wildman–Crippen LogP) is 3.50. The molecule has 25 heavy (non-hydrogen) atoms. The monoisotopic (exact) mass is 341 g/mol. The Balaban J connectivity index is 1.58. The van der Waals surface area contributed by atoms with Crippen LogP contribution in [0, 0.1) is 5.82 Å². The largest absolute Gasteiger partial charge is 0.351 e. The van der Waals surface area contributed by atoms with Crippen LogP contribution >= 0.6 is 0 Å². The standard InChI is InChI=1S/C20H20FNO3/c21-17-12-10-15(11-13-17)6-4-5-9-19(23)22-18(14-25-20(22)24)16-7-2-1-3-8-16/h1-4,6-8,10-13,18,20,24H,5,9,14H2/b6-4+/t18-,20?/m1/s1. The van der Waals surface area contributed by atoms with E-state index < -0.39 is 6.41 Å². The highest BCUT2D eigenvalue weighted by molar-refractivity contribution is 5.77. The summed E-state index contributed by atoms with van der Waals surface area (Å²) in [6.07, 6.45) is 3.30. The quantitative estimate of drug-likeness (QED) is 0.906. The number of rotatable bonds is 5. The third kappa shape index (κ3) is 4.32. The van der Waals surface area contributed by atoms with Crippen molar-refractivity contribution in [3.63, 3.8) is 0 Å². The van der Waals surface area contributed by atoms with Gasteiger partial charge < -0.3 is 9.84 Å². The summed E-state index contributed by atoms with van der Waals surface area (Å²) in [5.74, 6) is -0.440. The highest BCUT2D eigenvalue weighted by atomic mass is 19.1. The Morgan fingerprint density at radius 1 is 1.20 bits per heavy atom. The molecular weight excluding hydrogens is 321 g/mol. The normalized spacial score (nSPS) is 20.3. The molecule has 1 heterocycles. The van der Waals surface area contributed by atoms with E-state index in [9.17, 15) is 14.3 Å². The number of hydrogen-bond donors (Lipinski definition) is 1. The number of ether oxygens (including phenoxy) is 1. The zero-order valence-corrected chi connectivity index (χ0v) is 13.7. The molecule has 4 nitrogen and oxygen atoms in total. The Bertz CT molecular complexity index is 730. The molecule has 3 rings (SSSR count). The number of amides is 1. The molecule has 2 atom stereocenters. The van der Waals surface area contributed by atoms with E-state index in [1.807, 2.05) is 42.5 Å². The number of aliphatic hydroxyl groups excluding tert-OH is 1. The van der Waals surface area contributed by atoms with Crippen LogP contribution < -0.4 is 0 Å². The van der Waals surface area contributed by atoms with Gasteiger partial charge in [-0.3, -0.25) is 9.69 Å². The van der Waals surface area contributed by atoms with Crippen LogP contribution in [-0.2, 0) is 9.53 Å². The molecule has 1 amide bonds. The van der Waals surface area contributed by atoms with Crippen LogP contribution in [0.5, 0.6) is 0 Å². The van der Waals surface area contributed by atoms with Crippen molar-refractivity contribution < 1.29 is 19.0 Å². The molecule has 5 heteroatoms. The molecule has 0 radical (unpaired) electrons. The summed E-state index contributed by atoms with van der Waals surface area (Å²) in [6.45, 7) is 0.280. The van der Waals surface area contributed by atoms with Crippen molar-refractivity contribution in [2.75, 3.05) is 6.61 Å². The summed E-state index contributed by atoms with van der Waals surface area (Å²) < 4.78 is 18.1. The molecule has 2 aromatic rings. The van der Waals surface area contributed by atoms with Gasteiger partial charge in [0.25, 0.3) is 0 Å². The lowest BCUT2D eigenvalue weighted by molar-refractivity contribution is -0.165. The van der Waals surface area contributed by atoms with Crippen molar-refractivity contribution in [3.05, 3.63) is 77.6 Å². The highest BCUT2D eigenvalue weighted by Gasteiger charge is 2.37. The van der Waals surface area contributed by atoms with Gasteiger partial charge in [-0.15, -0.1) is 0 Å². The van der Waals surface area contributed by atoms with Gasteiger partial charge >= 0.3 is 0 Å². The van der Waals surface area contributed by atoms with Crippen LogP contribution in [0.4, 0.5) is 4.39 Å². The predicted molar refractivity (Wildman–Crippen MR) is 92.7 cm³/mol. The van der Waals surface area contributed by atoms with E-state index >= 15 is 0 Å². The van der Waals surface area contributed by atoms with Crippen molar-refractivity contribution in [1.82, 2.24) is 4.90 Å². The Morgan fingerprint density at radius 2 is 1.92 bits per heavy atom. The second-order valence-electron chi connectivity index (χ2n) is 5.88. The lowest BCUT2D eigenvalue weighted by Gasteiger charge is -2.25. The van der Waals surface area contributed by atoms with E-state index in [2.05, 4.69) is 0 Å². The van der Waals surface area contributed by atoms with E-state index in [4.69, 9.17) is 4.74 Å². The lowest BCUT2D eigenvalue weighted by atomic mass is 10.1. The first-order valence-electron chi connectivity index (χ1n) is 8.23. The van der Waals surface area contributed by atoms with E-state index in [0.717, 1.165) is 11.1 Å². The molecule has 0 aromatic heterocycles. The van der Waals surface area contributed by atoms with Gasteiger partial charge in [0.2, 0.25) is 12.3 Å². The number of halogens is 1. The molecule has 0 aliphatic carbocycles. The maximum atomic E-state index is 12.9. The molecule has 1 saturated heterocycles. The summed E-state index contributed by atoms with van der Waals surface area (Å²) >= 11 is 0. The number of carbonyl (C=O) groups is 1. The smallest absolute Gasteiger partial charge is 0.240 e. The maximum Gasteiger partial charge on any atom is 0.240 e. The lowest BCUT2D eigenvalue weighted by Crippen LogP contribution is -2.37. The molecule has 1 N–H and O–H groups in total. The number of benzene rings is 2. The number of hydrogen-bond acceptors (Lipinski definition) is 3. The molecule has 0 bridgehead atoms. The molecular formula is C20H20FNO3. The molecule has 130 valence electrons. The second-order valence-corrected chi connectivity index (χ2v) is 5.88. The number of nitrogens with zero attached hydrogens (tertiary/aromatic N) is 1. The minimum absolute atomic E-state index is 0.164. The third-order valence-corrected chi connectivity index (χ3v) is 4.15. The van der Waals surface area contributed by atoms with Gasteiger partial charge in [-0.25, -0.2) is 4.39 Å². The first-order chi connectivity index (χ1) is 12.1. The molecule has 1 fully saturated rings. The van der Waals surface area contributed by atoms with Crippen molar-refractivity contribution in [1.29, 1.82) is 0 Å². The minimum atomic E-state index is -1.21. The van der Waals surface area contributed by atoms with Crippen molar-refractivity contribution in [2.24, 2.45) is 0 Å². The van der Waals surface area contributed by atoms with Crippen LogP contribution in [0.3, 0.4) is 0 Å². The van der Waals surface area contributed by atoms with E-state index in [1.165, 1.54) is 17.0 Å². The average molecular weight is 341 g/mol.